The van der Waals surface area contributed by atoms with Crippen LogP contribution in [0.4, 0.5) is 10.1 Å². The molecule has 1 aliphatic carbocycles. The Balaban J connectivity index is 1.54. The number of rotatable bonds is 8. The van der Waals surface area contributed by atoms with E-state index in [0.29, 0.717) is 23.1 Å². The zero-order valence-electron chi connectivity index (χ0n) is 16.2. The zero-order chi connectivity index (χ0) is 20.9. The minimum absolute atomic E-state index is 0.112. The molecule has 0 atom stereocenters. The maximum absolute atomic E-state index is 14.3. The number of halogens is 1. The van der Waals surface area contributed by atoms with Crippen LogP contribution in [0, 0.1) is 17.1 Å². The van der Waals surface area contributed by atoms with Crippen molar-refractivity contribution in [2.45, 2.75) is 30.5 Å². The first kappa shape index (κ1) is 20.1. The third kappa shape index (κ3) is 4.36. The molecule has 4 rings (SSSR count). The Bertz CT molecular complexity index is 1070. The van der Waals surface area contributed by atoms with Crippen LogP contribution in [0.25, 0.3) is 11.4 Å². The van der Waals surface area contributed by atoms with Crippen molar-refractivity contribution in [1.82, 2.24) is 14.8 Å². The molecule has 1 aromatic heterocycles. The molecule has 1 aliphatic rings. The van der Waals surface area contributed by atoms with Crippen LogP contribution >= 0.6 is 11.8 Å². The summed E-state index contributed by atoms with van der Waals surface area (Å²) in [5.74, 6) is 0.197. The van der Waals surface area contributed by atoms with Gasteiger partial charge in [0.05, 0.1) is 23.8 Å². The van der Waals surface area contributed by atoms with Crippen LogP contribution in [0.2, 0.25) is 0 Å². The van der Waals surface area contributed by atoms with E-state index < -0.39 is 0 Å². The van der Waals surface area contributed by atoms with Gasteiger partial charge in [-0.2, -0.15) is 5.26 Å². The van der Waals surface area contributed by atoms with Crippen molar-refractivity contribution in [3.63, 3.8) is 0 Å². The van der Waals surface area contributed by atoms with E-state index in [1.807, 2.05) is 34.9 Å². The van der Waals surface area contributed by atoms with Crippen LogP contribution in [0.1, 0.15) is 25.3 Å². The number of para-hydroxylation sites is 1. The van der Waals surface area contributed by atoms with E-state index in [9.17, 15) is 9.18 Å². The molecular formula is C22H20FN5OS. The molecule has 1 saturated carbocycles. The molecule has 152 valence electrons. The van der Waals surface area contributed by atoms with Gasteiger partial charge in [-0.05, 0) is 37.1 Å². The summed E-state index contributed by atoms with van der Waals surface area (Å²) in [4.78, 5) is 14.5. The predicted molar refractivity (Wildman–Crippen MR) is 113 cm³/mol. The van der Waals surface area contributed by atoms with Crippen LogP contribution in [0.15, 0.2) is 59.8 Å². The summed E-state index contributed by atoms with van der Waals surface area (Å²) in [7, 11) is 0. The van der Waals surface area contributed by atoms with Crippen molar-refractivity contribution < 1.29 is 9.18 Å². The lowest BCUT2D eigenvalue weighted by Gasteiger charge is -2.21. The summed E-state index contributed by atoms with van der Waals surface area (Å²) in [6, 6.07) is 18.1. The van der Waals surface area contributed by atoms with Crippen molar-refractivity contribution >= 4 is 23.4 Å². The molecule has 3 aromatic rings. The van der Waals surface area contributed by atoms with Gasteiger partial charge in [-0.25, -0.2) is 4.39 Å². The van der Waals surface area contributed by atoms with Gasteiger partial charge < -0.3 is 4.90 Å². The third-order valence-corrected chi connectivity index (χ3v) is 5.76. The normalized spacial score (nSPS) is 13.1. The van der Waals surface area contributed by atoms with E-state index in [4.69, 9.17) is 5.26 Å². The summed E-state index contributed by atoms with van der Waals surface area (Å²) < 4.78 is 16.2. The number of hydrogen-bond donors (Lipinski definition) is 0. The average molecular weight is 422 g/mol. The Morgan fingerprint density at radius 2 is 1.90 bits per heavy atom. The minimum atomic E-state index is -0.341. The van der Waals surface area contributed by atoms with E-state index >= 15 is 0 Å². The second-order valence-electron chi connectivity index (χ2n) is 6.96. The van der Waals surface area contributed by atoms with Crippen LogP contribution < -0.4 is 4.90 Å². The van der Waals surface area contributed by atoms with E-state index in [0.717, 1.165) is 18.5 Å². The summed E-state index contributed by atoms with van der Waals surface area (Å²) in [5.41, 5.74) is 1.17. The fourth-order valence-corrected chi connectivity index (χ4v) is 4.12. The van der Waals surface area contributed by atoms with Crippen molar-refractivity contribution in [2.75, 3.05) is 17.2 Å². The molecule has 1 amide bonds. The highest BCUT2D eigenvalue weighted by atomic mass is 32.2. The van der Waals surface area contributed by atoms with E-state index in [1.54, 1.807) is 23.1 Å². The van der Waals surface area contributed by atoms with Crippen molar-refractivity contribution in [2.24, 2.45) is 0 Å². The second-order valence-corrected chi connectivity index (χ2v) is 7.91. The summed E-state index contributed by atoms with van der Waals surface area (Å²) >= 11 is 1.29. The number of carbonyl (C=O) groups is 1. The quantitative estimate of drug-likeness (QED) is 0.502. The lowest BCUT2D eigenvalue weighted by molar-refractivity contribution is -0.116. The minimum Gasteiger partial charge on any atom is -0.311 e. The third-order valence-electron chi connectivity index (χ3n) is 4.83. The smallest absolute Gasteiger partial charge is 0.237 e. The number of thioether (sulfide) groups is 1. The van der Waals surface area contributed by atoms with Gasteiger partial charge in [-0.1, -0.05) is 42.1 Å². The van der Waals surface area contributed by atoms with Crippen LogP contribution in [-0.4, -0.2) is 33.0 Å². The highest BCUT2D eigenvalue weighted by Crippen LogP contribution is 2.41. The number of benzene rings is 2. The Morgan fingerprint density at radius 1 is 1.17 bits per heavy atom. The molecule has 0 saturated heterocycles. The van der Waals surface area contributed by atoms with Gasteiger partial charge in [0, 0.05) is 18.3 Å². The van der Waals surface area contributed by atoms with E-state index in [1.165, 1.54) is 17.8 Å². The van der Waals surface area contributed by atoms with Crippen molar-refractivity contribution in [1.29, 1.82) is 5.26 Å². The Kier molecular flexibility index (Phi) is 6.10. The fourth-order valence-electron chi connectivity index (χ4n) is 3.24. The van der Waals surface area contributed by atoms with Gasteiger partial charge in [-0.3, -0.25) is 9.36 Å². The maximum atomic E-state index is 14.3. The van der Waals surface area contributed by atoms with Crippen LogP contribution in [0.3, 0.4) is 0 Å². The van der Waals surface area contributed by atoms with Crippen molar-refractivity contribution in [3.8, 4) is 17.5 Å². The molecule has 30 heavy (non-hydrogen) atoms. The second kappa shape index (κ2) is 9.09. The molecule has 1 heterocycles. The van der Waals surface area contributed by atoms with Gasteiger partial charge in [0.25, 0.3) is 0 Å². The standard InChI is InChI=1S/C22H20FN5OS/c23-19-10-5-4-9-18(19)21-25-26-22(28(21)17-11-12-17)30-15-20(29)27(14-6-13-24)16-7-2-1-3-8-16/h1-5,7-10,17H,6,11-12,14-15H2. The Morgan fingerprint density at radius 3 is 2.60 bits per heavy atom. The first-order valence-corrected chi connectivity index (χ1v) is 10.7. The Hall–Kier alpha value is -3.18. The van der Waals surface area contributed by atoms with Crippen LogP contribution in [0.5, 0.6) is 0 Å². The van der Waals surface area contributed by atoms with Crippen molar-refractivity contribution in [3.05, 3.63) is 60.4 Å². The van der Waals surface area contributed by atoms with Crippen LogP contribution in [-0.2, 0) is 4.79 Å². The summed E-state index contributed by atoms with van der Waals surface area (Å²) in [5, 5.41) is 18.0. The van der Waals surface area contributed by atoms with Gasteiger partial charge >= 0.3 is 0 Å². The first-order chi connectivity index (χ1) is 14.7. The molecule has 0 N–H and O–H groups in total. The average Bonchev–Trinajstić information content (AvgIpc) is 3.53. The molecule has 8 heteroatoms. The van der Waals surface area contributed by atoms with E-state index in [-0.39, 0.29) is 29.9 Å². The molecule has 1 fully saturated rings. The number of carbonyl (C=O) groups excluding carboxylic acids is 1. The SMILES string of the molecule is N#CCCN(C(=O)CSc1nnc(-c2ccccc2F)n1C1CC1)c1ccccc1. The predicted octanol–water partition coefficient (Wildman–Crippen LogP) is 4.46. The number of nitrogens with zero attached hydrogens (tertiary/aromatic N) is 5. The number of anilines is 1. The Labute approximate surface area is 178 Å². The molecule has 0 aliphatic heterocycles. The van der Waals surface area contributed by atoms with Gasteiger partial charge in [0.1, 0.15) is 5.82 Å². The highest BCUT2D eigenvalue weighted by Gasteiger charge is 2.31. The number of amides is 1. The topological polar surface area (TPSA) is 74.8 Å². The van der Waals surface area contributed by atoms with Gasteiger partial charge in [-0.15, -0.1) is 10.2 Å². The molecule has 0 spiro atoms. The summed E-state index contributed by atoms with van der Waals surface area (Å²) in [6.07, 6.45) is 2.22. The van der Waals surface area contributed by atoms with Gasteiger partial charge in [0.15, 0.2) is 11.0 Å². The number of aromatic nitrogens is 3. The highest BCUT2D eigenvalue weighted by molar-refractivity contribution is 7.99. The number of hydrogen-bond acceptors (Lipinski definition) is 5. The molecule has 2 aromatic carbocycles. The van der Waals surface area contributed by atoms with E-state index in [2.05, 4.69) is 16.3 Å². The molecule has 0 unspecified atom stereocenters. The lowest BCUT2D eigenvalue weighted by Crippen LogP contribution is -2.33. The molecule has 0 bridgehead atoms. The maximum Gasteiger partial charge on any atom is 0.237 e. The molecule has 6 nitrogen and oxygen atoms in total. The molecule has 0 radical (unpaired) electrons. The number of nitriles is 1. The first-order valence-electron chi connectivity index (χ1n) is 9.74. The zero-order valence-corrected chi connectivity index (χ0v) is 17.1. The lowest BCUT2D eigenvalue weighted by atomic mass is 10.2. The monoisotopic (exact) mass is 421 g/mol. The fraction of sp³-hybridized carbons (Fsp3) is 0.273. The largest absolute Gasteiger partial charge is 0.311 e. The summed E-state index contributed by atoms with van der Waals surface area (Å²) in [6.45, 7) is 0.329. The molecular weight excluding hydrogens is 401 g/mol. The van der Waals surface area contributed by atoms with Gasteiger partial charge in [0.2, 0.25) is 5.91 Å².